The summed E-state index contributed by atoms with van der Waals surface area (Å²) in [5.41, 5.74) is 0.872. The number of hydrogen-bond acceptors (Lipinski definition) is 3. The summed E-state index contributed by atoms with van der Waals surface area (Å²) in [7, 11) is 0. The zero-order chi connectivity index (χ0) is 13.3. The molecule has 0 aromatic carbocycles. The highest BCUT2D eigenvalue weighted by atomic mass is 35.5. The molecule has 0 atom stereocenters. The normalized spacial score (nSPS) is 11.8. The van der Waals surface area contributed by atoms with Gasteiger partial charge in [-0.2, -0.15) is 17.5 Å². The van der Waals surface area contributed by atoms with Gasteiger partial charge in [-0.25, -0.2) is 0 Å². The molecule has 0 radical (unpaired) electrons. The molecule has 0 bridgehead atoms. The van der Waals surface area contributed by atoms with Crippen LogP contribution in [0.25, 0.3) is 11.4 Å². The molecule has 18 heavy (non-hydrogen) atoms. The Balaban J connectivity index is 2.52. The average molecular weight is 293 g/mol. The first-order valence-electron chi connectivity index (χ1n) is 5.11. The number of hydrogen-bond donors (Lipinski definition) is 0. The second kappa shape index (κ2) is 4.85. The van der Waals surface area contributed by atoms with Crippen LogP contribution in [0.3, 0.4) is 0 Å². The highest BCUT2D eigenvalue weighted by molar-refractivity contribution is 7.06. The topological polar surface area (TPSA) is 25.8 Å². The van der Waals surface area contributed by atoms with Gasteiger partial charge in [0.05, 0.1) is 10.7 Å². The summed E-state index contributed by atoms with van der Waals surface area (Å²) < 4.78 is 42.1. The molecule has 7 heteroatoms. The smallest absolute Gasteiger partial charge is 0.253 e. The highest BCUT2D eigenvalue weighted by Crippen LogP contribution is 2.39. The lowest BCUT2D eigenvalue weighted by molar-refractivity contribution is -0.134. The van der Waals surface area contributed by atoms with Gasteiger partial charge in [-0.3, -0.25) is 4.98 Å². The SMILES string of the molecule is CCc1c(-c2ccc(Cl)cn2)nsc1C(F)(F)F. The second-order valence-corrected chi connectivity index (χ2v) is 4.76. The Kier molecular flexibility index (Phi) is 3.59. The summed E-state index contributed by atoms with van der Waals surface area (Å²) in [4.78, 5) is 3.34. The van der Waals surface area contributed by atoms with Gasteiger partial charge in [0.15, 0.2) is 0 Å². The van der Waals surface area contributed by atoms with Crippen LogP contribution in [0.2, 0.25) is 5.02 Å². The third-order valence-electron chi connectivity index (χ3n) is 2.37. The zero-order valence-electron chi connectivity index (χ0n) is 9.25. The second-order valence-electron chi connectivity index (χ2n) is 3.55. The predicted octanol–water partition coefficient (Wildman–Crippen LogP) is 4.44. The summed E-state index contributed by atoms with van der Waals surface area (Å²) >= 11 is 6.15. The molecular weight excluding hydrogens is 285 g/mol. The van der Waals surface area contributed by atoms with E-state index in [1.807, 2.05) is 0 Å². The number of pyridine rings is 1. The number of rotatable bonds is 2. The van der Waals surface area contributed by atoms with E-state index in [4.69, 9.17) is 11.6 Å². The third-order valence-corrected chi connectivity index (χ3v) is 3.53. The van der Waals surface area contributed by atoms with Crippen molar-refractivity contribution in [1.82, 2.24) is 9.36 Å². The van der Waals surface area contributed by atoms with E-state index in [0.717, 1.165) is 0 Å². The number of nitrogens with zero attached hydrogens (tertiary/aromatic N) is 2. The van der Waals surface area contributed by atoms with Crippen molar-refractivity contribution in [3.05, 3.63) is 33.8 Å². The van der Waals surface area contributed by atoms with Gasteiger partial charge in [-0.1, -0.05) is 18.5 Å². The molecule has 0 aliphatic rings. The van der Waals surface area contributed by atoms with Crippen LogP contribution in [0.15, 0.2) is 18.3 Å². The molecule has 0 amide bonds. The van der Waals surface area contributed by atoms with Crippen molar-refractivity contribution in [1.29, 1.82) is 0 Å². The van der Waals surface area contributed by atoms with E-state index in [1.165, 1.54) is 6.20 Å². The minimum absolute atomic E-state index is 0.183. The summed E-state index contributed by atoms with van der Waals surface area (Å²) in [5, 5.41) is 0.433. The van der Waals surface area contributed by atoms with Crippen molar-refractivity contribution in [2.24, 2.45) is 0 Å². The Morgan fingerprint density at radius 1 is 1.33 bits per heavy atom. The van der Waals surface area contributed by atoms with Gasteiger partial charge in [0, 0.05) is 11.8 Å². The van der Waals surface area contributed by atoms with Gasteiger partial charge in [-0.15, -0.1) is 0 Å². The molecule has 0 spiro atoms. The molecule has 2 nitrogen and oxygen atoms in total. The maximum Gasteiger partial charge on any atom is 0.427 e. The molecule has 2 aromatic rings. The van der Waals surface area contributed by atoms with Gasteiger partial charge in [0.25, 0.3) is 0 Å². The van der Waals surface area contributed by atoms with Gasteiger partial charge in [0.2, 0.25) is 0 Å². The van der Waals surface area contributed by atoms with Crippen molar-refractivity contribution in [2.45, 2.75) is 19.5 Å². The van der Waals surface area contributed by atoms with E-state index in [2.05, 4.69) is 9.36 Å². The number of alkyl halides is 3. The van der Waals surface area contributed by atoms with Crippen molar-refractivity contribution in [2.75, 3.05) is 0 Å². The van der Waals surface area contributed by atoms with Gasteiger partial charge in [0.1, 0.15) is 10.6 Å². The zero-order valence-corrected chi connectivity index (χ0v) is 10.8. The first-order chi connectivity index (χ1) is 8.43. The number of halogens is 4. The maximum atomic E-state index is 12.8. The third kappa shape index (κ3) is 2.49. The molecule has 2 heterocycles. The van der Waals surface area contributed by atoms with Crippen LogP contribution in [0, 0.1) is 0 Å². The largest absolute Gasteiger partial charge is 0.427 e. The van der Waals surface area contributed by atoms with Crippen LogP contribution >= 0.6 is 23.1 Å². The summed E-state index contributed by atoms with van der Waals surface area (Å²) in [6.07, 6.45) is -2.72. The van der Waals surface area contributed by atoms with E-state index >= 15 is 0 Å². The lowest BCUT2D eigenvalue weighted by atomic mass is 10.1. The standard InChI is InChI=1S/C11H8ClF3N2S/c1-2-7-9(8-4-3-6(12)5-16-8)17-18-10(7)11(13,14)15/h3-5H,2H2,1H3. The molecular formula is C11H8ClF3N2S. The summed E-state index contributed by atoms with van der Waals surface area (Å²) in [6, 6.07) is 3.15. The fraction of sp³-hybridized carbons (Fsp3) is 0.273. The Hall–Kier alpha value is -1.14. The van der Waals surface area contributed by atoms with Crippen LogP contribution in [0.4, 0.5) is 13.2 Å². The first kappa shape index (κ1) is 13.3. The van der Waals surface area contributed by atoms with E-state index in [0.29, 0.717) is 22.2 Å². The lowest BCUT2D eigenvalue weighted by Crippen LogP contribution is -2.05. The van der Waals surface area contributed by atoms with Crippen molar-refractivity contribution in [3.63, 3.8) is 0 Å². The predicted molar refractivity (Wildman–Crippen MR) is 64.7 cm³/mol. The minimum atomic E-state index is -4.37. The summed E-state index contributed by atoms with van der Waals surface area (Å²) in [5.74, 6) is 0. The fourth-order valence-corrected chi connectivity index (χ4v) is 2.53. The molecule has 2 aromatic heterocycles. The molecule has 0 fully saturated rings. The van der Waals surface area contributed by atoms with E-state index in [-0.39, 0.29) is 17.7 Å². The highest BCUT2D eigenvalue weighted by Gasteiger charge is 2.37. The Labute approximate surface area is 111 Å². The molecule has 2 rings (SSSR count). The quantitative estimate of drug-likeness (QED) is 0.818. The molecule has 96 valence electrons. The first-order valence-corrected chi connectivity index (χ1v) is 6.26. The van der Waals surface area contributed by atoms with Crippen molar-refractivity contribution < 1.29 is 13.2 Å². The molecule has 0 unspecified atom stereocenters. The lowest BCUT2D eigenvalue weighted by Gasteiger charge is -2.06. The Morgan fingerprint density at radius 2 is 2.06 bits per heavy atom. The Morgan fingerprint density at radius 3 is 2.56 bits per heavy atom. The molecule has 0 aliphatic heterocycles. The molecule has 0 aliphatic carbocycles. The van der Waals surface area contributed by atoms with Crippen LogP contribution in [-0.4, -0.2) is 9.36 Å². The number of aromatic nitrogens is 2. The monoisotopic (exact) mass is 292 g/mol. The van der Waals surface area contributed by atoms with Gasteiger partial charge >= 0.3 is 6.18 Å². The molecule has 0 N–H and O–H groups in total. The minimum Gasteiger partial charge on any atom is -0.253 e. The summed E-state index contributed by atoms with van der Waals surface area (Å²) in [6.45, 7) is 1.67. The van der Waals surface area contributed by atoms with Crippen LogP contribution < -0.4 is 0 Å². The van der Waals surface area contributed by atoms with E-state index in [9.17, 15) is 13.2 Å². The molecule has 0 saturated carbocycles. The van der Waals surface area contributed by atoms with E-state index < -0.39 is 11.1 Å². The van der Waals surface area contributed by atoms with Gasteiger partial charge in [-0.05, 0) is 30.1 Å². The average Bonchev–Trinajstić information content (AvgIpc) is 2.73. The Bertz CT molecular complexity index is 548. The van der Waals surface area contributed by atoms with Crippen molar-refractivity contribution in [3.8, 4) is 11.4 Å². The van der Waals surface area contributed by atoms with Crippen LogP contribution in [0.1, 0.15) is 17.4 Å². The molecule has 0 saturated heterocycles. The maximum absolute atomic E-state index is 12.8. The van der Waals surface area contributed by atoms with Crippen molar-refractivity contribution >= 4 is 23.1 Å². The van der Waals surface area contributed by atoms with Crippen LogP contribution in [0.5, 0.6) is 0 Å². The van der Waals surface area contributed by atoms with Crippen LogP contribution in [-0.2, 0) is 12.6 Å². The van der Waals surface area contributed by atoms with E-state index in [1.54, 1.807) is 19.1 Å². The fourth-order valence-electron chi connectivity index (χ4n) is 1.58. The van der Waals surface area contributed by atoms with Gasteiger partial charge < -0.3 is 0 Å².